The maximum atomic E-state index is 9.60. The summed E-state index contributed by atoms with van der Waals surface area (Å²) in [5.41, 5.74) is 0. The van der Waals surface area contributed by atoms with E-state index in [1.165, 1.54) is 0 Å². The van der Waals surface area contributed by atoms with Gasteiger partial charge in [-0.25, -0.2) is 0 Å². The molecule has 0 atom stereocenters. The van der Waals surface area contributed by atoms with E-state index in [2.05, 4.69) is 0 Å². The van der Waals surface area contributed by atoms with Crippen LogP contribution in [0, 0.1) is 0 Å². The number of aliphatic carboxylic acids is 1. The summed E-state index contributed by atoms with van der Waals surface area (Å²) in [6.07, 6.45) is 1.02. The lowest BCUT2D eigenvalue weighted by Gasteiger charge is -1.79. The van der Waals surface area contributed by atoms with Crippen LogP contribution >= 0.6 is 0 Å². The molecule has 1 N–H and O–H groups in total. The fourth-order valence-electron chi connectivity index (χ4n) is 0.214. The highest BCUT2D eigenvalue weighted by Gasteiger charge is 1.87. The quantitative estimate of drug-likeness (QED) is 0.460. The molecule has 0 aromatic rings. The Hall–Kier alpha value is -0.465. The fourth-order valence-corrected chi connectivity index (χ4v) is 0.214. The highest BCUT2D eigenvalue weighted by atomic mass is 16.4. The predicted octanol–water partition coefficient (Wildman–Crippen LogP) is -0.488. The van der Waals surface area contributed by atoms with Gasteiger partial charge in [-0.2, -0.15) is 0 Å². The van der Waals surface area contributed by atoms with Crippen LogP contribution in [0.4, 0.5) is 0 Å². The van der Waals surface area contributed by atoms with Gasteiger partial charge in [0.1, 0.15) is 7.85 Å². The third-order valence-corrected chi connectivity index (χ3v) is 0.464. The van der Waals surface area contributed by atoms with E-state index >= 15 is 0 Å². The molecule has 0 aliphatic carbocycles. The van der Waals surface area contributed by atoms with Crippen LogP contribution in [0.1, 0.15) is 6.42 Å². The molecule has 0 saturated carbocycles. The molecular weight excluding hydrogens is 78.8 g/mol. The number of carboxylic acids is 1. The number of carboxylic acid groups (broad SMARTS) is 1. The summed E-state index contributed by atoms with van der Waals surface area (Å²) in [6.45, 7) is 0. The van der Waals surface area contributed by atoms with Crippen molar-refractivity contribution in [2.24, 2.45) is 0 Å². The molecule has 0 rings (SSSR count). The van der Waals surface area contributed by atoms with Crippen molar-refractivity contribution in [1.29, 1.82) is 0 Å². The molecule has 0 aromatic heterocycles. The second kappa shape index (κ2) is 2.76. The van der Waals surface area contributed by atoms with Crippen molar-refractivity contribution in [3.8, 4) is 0 Å². The Kier molecular flexibility index (Phi) is 2.54. The van der Waals surface area contributed by atoms with E-state index in [0.717, 1.165) is 6.32 Å². The highest BCUT2D eigenvalue weighted by molar-refractivity contribution is 6.09. The minimum Gasteiger partial charge on any atom is -0.481 e. The average Bonchev–Trinajstić information content (AvgIpc) is 1.35. The summed E-state index contributed by atoms with van der Waals surface area (Å²) < 4.78 is 0. The van der Waals surface area contributed by atoms with Crippen molar-refractivity contribution in [2.45, 2.75) is 12.7 Å². The maximum absolute atomic E-state index is 9.60. The maximum Gasteiger partial charge on any atom is 0.302 e. The molecule has 6 heavy (non-hydrogen) atoms. The van der Waals surface area contributed by atoms with Gasteiger partial charge >= 0.3 is 5.97 Å². The lowest BCUT2D eigenvalue weighted by molar-refractivity contribution is -0.136. The van der Waals surface area contributed by atoms with Gasteiger partial charge in [-0.15, -0.1) is 0 Å². The van der Waals surface area contributed by atoms with Gasteiger partial charge in [0.2, 0.25) is 0 Å². The largest absolute Gasteiger partial charge is 0.481 e. The molecule has 3 heteroatoms. The predicted molar refractivity (Wildman–Crippen MR) is 25.6 cm³/mol. The Bertz CT molecular complexity index is 52.8. The first-order valence-electron chi connectivity index (χ1n) is 1.99. The molecule has 0 aliphatic heterocycles. The Morgan fingerprint density at radius 1 is 1.83 bits per heavy atom. The van der Waals surface area contributed by atoms with Gasteiger partial charge in [-0.05, 0) is 0 Å². The number of hydrogen-bond donors (Lipinski definition) is 1. The van der Waals surface area contributed by atoms with E-state index in [1.54, 1.807) is 0 Å². The van der Waals surface area contributed by atoms with Crippen LogP contribution in [-0.4, -0.2) is 18.9 Å². The van der Waals surface area contributed by atoms with Gasteiger partial charge in [-0.1, -0.05) is 6.32 Å². The molecule has 0 aliphatic rings. The van der Waals surface area contributed by atoms with E-state index in [1.807, 2.05) is 7.85 Å². The van der Waals surface area contributed by atoms with Crippen molar-refractivity contribution in [2.75, 3.05) is 0 Å². The molecule has 0 bridgehead atoms. The van der Waals surface area contributed by atoms with Crippen molar-refractivity contribution >= 4 is 13.8 Å². The Labute approximate surface area is 37.6 Å². The van der Waals surface area contributed by atoms with Gasteiger partial charge < -0.3 is 5.11 Å². The zero-order chi connectivity index (χ0) is 4.99. The van der Waals surface area contributed by atoms with Crippen molar-refractivity contribution < 1.29 is 9.90 Å². The monoisotopic (exact) mass is 86.1 g/mol. The van der Waals surface area contributed by atoms with Crippen LogP contribution in [-0.2, 0) is 4.79 Å². The van der Waals surface area contributed by atoms with Crippen LogP contribution in [0.5, 0.6) is 0 Å². The molecule has 0 fully saturated rings. The van der Waals surface area contributed by atoms with Crippen molar-refractivity contribution in [1.82, 2.24) is 0 Å². The second-order valence-corrected chi connectivity index (χ2v) is 1.14. The van der Waals surface area contributed by atoms with Crippen molar-refractivity contribution in [3.05, 3.63) is 0 Å². The number of hydrogen-bond acceptors (Lipinski definition) is 1. The standard InChI is InChI=1S/C3H7BO2/c4-2-1-3(5)6/h1-2,4H2,(H,5,6). The summed E-state index contributed by atoms with van der Waals surface area (Å²) in [6, 6.07) is 0. The van der Waals surface area contributed by atoms with Gasteiger partial charge in [0.25, 0.3) is 0 Å². The van der Waals surface area contributed by atoms with Gasteiger partial charge in [0.15, 0.2) is 0 Å². The van der Waals surface area contributed by atoms with Crippen LogP contribution in [0.3, 0.4) is 0 Å². The molecule has 0 spiro atoms. The zero-order valence-corrected chi connectivity index (χ0v) is 3.77. The zero-order valence-electron chi connectivity index (χ0n) is 3.77. The molecule has 2 nitrogen and oxygen atoms in total. The fraction of sp³-hybridized carbons (Fsp3) is 0.667. The molecule has 0 radical (unpaired) electrons. The van der Waals surface area contributed by atoms with Crippen molar-refractivity contribution in [3.63, 3.8) is 0 Å². The van der Waals surface area contributed by atoms with E-state index < -0.39 is 5.97 Å². The van der Waals surface area contributed by atoms with Gasteiger partial charge in [0.05, 0.1) is 0 Å². The summed E-state index contributed by atoms with van der Waals surface area (Å²) in [5.74, 6) is -0.711. The molecule has 0 heterocycles. The third kappa shape index (κ3) is 3.53. The SMILES string of the molecule is BCCC(=O)O. The third-order valence-electron chi connectivity index (χ3n) is 0.464. The Balaban J connectivity index is 2.83. The van der Waals surface area contributed by atoms with Gasteiger partial charge in [-0.3, -0.25) is 4.79 Å². The smallest absolute Gasteiger partial charge is 0.302 e. The van der Waals surface area contributed by atoms with Crippen LogP contribution in [0.25, 0.3) is 0 Å². The molecule has 0 unspecified atom stereocenters. The minimum atomic E-state index is -0.711. The summed E-state index contributed by atoms with van der Waals surface area (Å²) >= 11 is 0. The first-order valence-corrected chi connectivity index (χ1v) is 1.99. The Morgan fingerprint density at radius 2 is 2.33 bits per heavy atom. The first-order chi connectivity index (χ1) is 2.77. The van der Waals surface area contributed by atoms with E-state index in [0.29, 0.717) is 6.42 Å². The molecular formula is C3H7BO2. The van der Waals surface area contributed by atoms with Crippen LogP contribution in [0.15, 0.2) is 0 Å². The van der Waals surface area contributed by atoms with Crippen LogP contribution < -0.4 is 0 Å². The average molecular weight is 85.9 g/mol. The van der Waals surface area contributed by atoms with E-state index in [9.17, 15) is 4.79 Å². The van der Waals surface area contributed by atoms with E-state index in [-0.39, 0.29) is 0 Å². The van der Waals surface area contributed by atoms with E-state index in [4.69, 9.17) is 5.11 Å². The highest BCUT2D eigenvalue weighted by Crippen LogP contribution is 1.79. The van der Waals surface area contributed by atoms with Gasteiger partial charge in [0, 0.05) is 6.42 Å². The molecule has 0 aromatic carbocycles. The molecule has 0 amide bonds. The molecule has 34 valence electrons. The number of rotatable bonds is 2. The topological polar surface area (TPSA) is 37.3 Å². The first kappa shape index (κ1) is 5.53. The summed E-state index contributed by atoms with van der Waals surface area (Å²) in [7, 11) is 1.84. The summed E-state index contributed by atoms with van der Waals surface area (Å²) in [5, 5.41) is 7.91. The van der Waals surface area contributed by atoms with Crippen LogP contribution in [0.2, 0.25) is 6.32 Å². The second-order valence-electron chi connectivity index (χ2n) is 1.14. The normalized spacial score (nSPS) is 8.00. The number of carbonyl (C=O) groups is 1. The Morgan fingerprint density at radius 3 is 2.33 bits per heavy atom. The minimum absolute atomic E-state index is 0.292. The lowest BCUT2D eigenvalue weighted by Crippen LogP contribution is -1.91. The lowest BCUT2D eigenvalue weighted by atomic mass is 10.0. The molecule has 0 saturated heterocycles. The summed E-state index contributed by atoms with van der Waals surface area (Å²) in [4.78, 5) is 9.60.